The first-order valence-corrected chi connectivity index (χ1v) is 10.9. The molecule has 3 rings (SSSR count). The normalized spacial score (nSPS) is 17.6. The number of hydrogen-bond acceptors (Lipinski definition) is 3. The monoisotopic (exact) mass is 401 g/mol. The van der Waals surface area contributed by atoms with Gasteiger partial charge in [0, 0.05) is 17.6 Å². The summed E-state index contributed by atoms with van der Waals surface area (Å²) in [6.07, 6.45) is 7.35. The lowest BCUT2D eigenvalue weighted by Gasteiger charge is -2.20. The highest BCUT2D eigenvalue weighted by Gasteiger charge is 2.18. The van der Waals surface area contributed by atoms with Gasteiger partial charge in [0.15, 0.2) is 0 Å². The van der Waals surface area contributed by atoms with Crippen LogP contribution >= 0.6 is 11.6 Å². The summed E-state index contributed by atoms with van der Waals surface area (Å²) in [4.78, 5) is 0. The Bertz CT molecular complexity index is 749. The van der Waals surface area contributed by atoms with E-state index in [1.54, 1.807) is 0 Å². The molecular formula is C24H32ClNO2. The molecule has 0 bridgehead atoms. The number of aliphatic hydroxyl groups is 1. The van der Waals surface area contributed by atoms with Gasteiger partial charge in [-0.15, -0.1) is 0 Å². The highest BCUT2D eigenvalue weighted by Crippen LogP contribution is 2.26. The van der Waals surface area contributed by atoms with Gasteiger partial charge in [-0.1, -0.05) is 49.6 Å². The zero-order chi connectivity index (χ0) is 19.8. The van der Waals surface area contributed by atoms with Crippen molar-refractivity contribution in [1.82, 2.24) is 5.32 Å². The third-order valence-electron chi connectivity index (χ3n) is 5.49. The quantitative estimate of drug-likeness (QED) is 0.431. The molecular weight excluding hydrogens is 370 g/mol. The van der Waals surface area contributed by atoms with Crippen molar-refractivity contribution >= 4 is 11.6 Å². The molecule has 2 aromatic carbocycles. The topological polar surface area (TPSA) is 41.5 Å². The van der Waals surface area contributed by atoms with Crippen molar-refractivity contribution in [3.63, 3.8) is 0 Å². The fraction of sp³-hybridized carbons (Fsp3) is 0.500. The summed E-state index contributed by atoms with van der Waals surface area (Å²) >= 11 is 6.04. The molecule has 28 heavy (non-hydrogen) atoms. The van der Waals surface area contributed by atoms with Crippen molar-refractivity contribution in [3.8, 4) is 5.75 Å². The highest BCUT2D eigenvalue weighted by atomic mass is 35.5. The summed E-state index contributed by atoms with van der Waals surface area (Å²) in [5.74, 6) is 0.981. The molecule has 0 aromatic heterocycles. The molecule has 3 nitrogen and oxygen atoms in total. The second kappa shape index (κ2) is 10.8. The largest absolute Gasteiger partial charge is 0.494 e. The lowest BCUT2D eigenvalue weighted by Crippen LogP contribution is -2.34. The summed E-state index contributed by atoms with van der Waals surface area (Å²) in [6, 6.07) is 14.4. The van der Waals surface area contributed by atoms with E-state index in [1.807, 2.05) is 24.3 Å². The molecule has 0 saturated carbocycles. The summed E-state index contributed by atoms with van der Waals surface area (Å²) in [5, 5.41) is 14.7. The average Bonchev–Trinajstić information content (AvgIpc) is 2.91. The number of fused-ring (bicyclic) bond motifs is 1. The van der Waals surface area contributed by atoms with Gasteiger partial charge in [0.05, 0.1) is 12.7 Å². The minimum atomic E-state index is -0.547. The van der Waals surface area contributed by atoms with Crippen LogP contribution < -0.4 is 10.1 Å². The molecule has 0 heterocycles. The van der Waals surface area contributed by atoms with Gasteiger partial charge in [-0.05, 0) is 73.1 Å². The smallest absolute Gasteiger partial charge is 0.119 e. The van der Waals surface area contributed by atoms with Crippen LogP contribution in [0.2, 0.25) is 5.02 Å². The molecule has 2 N–H and O–H groups in total. The van der Waals surface area contributed by atoms with Crippen LogP contribution in [-0.4, -0.2) is 24.3 Å². The maximum absolute atomic E-state index is 10.5. The molecule has 1 aliphatic carbocycles. The van der Waals surface area contributed by atoms with E-state index in [4.69, 9.17) is 16.3 Å². The number of aryl methyl sites for hydroxylation is 1. The Balaban J connectivity index is 1.56. The number of unbranched alkanes of at least 4 members (excludes halogenated alkanes) is 2. The van der Waals surface area contributed by atoms with E-state index in [-0.39, 0.29) is 0 Å². The van der Waals surface area contributed by atoms with Gasteiger partial charge < -0.3 is 15.2 Å². The number of rotatable bonds is 9. The zero-order valence-corrected chi connectivity index (χ0v) is 17.5. The summed E-state index contributed by atoms with van der Waals surface area (Å²) in [6.45, 7) is 3.53. The Morgan fingerprint density at radius 2 is 2.07 bits per heavy atom. The van der Waals surface area contributed by atoms with Crippen LogP contribution in [0.4, 0.5) is 0 Å². The van der Waals surface area contributed by atoms with Crippen LogP contribution in [0.15, 0.2) is 42.5 Å². The third kappa shape index (κ3) is 6.23. The van der Waals surface area contributed by atoms with E-state index >= 15 is 0 Å². The number of hydrogen-bond donors (Lipinski definition) is 2. The molecule has 2 atom stereocenters. The van der Waals surface area contributed by atoms with Crippen molar-refractivity contribution in [3.05, 3.63) is 64.2 Å². The van der Waals surface area contributed by atoms with Crippen LogP contribution in [-0.2, 0) is 12.8 Å². The Morgan fingerprint density at radius 3 is 2.89 bits per heavy atom. The molecule has 1 unspecified atom stereocenters. The van der Waals surface area contributed by atoms with E-state index in [1.165, 1.54) is 24.0 Å². The second-order valence-corrected chi connectivity index (χ2v) is 8.19. The van der Waals surface area contributed by atoms with Crippen LogP contribution in [0.1, 0.15) is 61.8 Å². The first-order valence-electron chi connectivity index (χ1n) is 10.6. The summed E-state index contributed by atoms with van der Waals surface area (Å²) in [7, 11) is 0. The number of ether oxygens (including phenoxy) is 1. The fourth-order valence-electron chi connectivity index (χ4n) is 3.86. The minimum Gasteiger partial charge on any atom is -0.494 e. The fourth-order valence-corrected chi connectivity index (χ4v) is 4.06. The molecule has 1 aliphatic rings. The van der Waals surface area contributed by atoms with Crippen LogP contribution in [0, 0.1) is 0 Å². The van der Waals surface area contributed by atoms with Gasteiger partial charge >= 0.3 is 0 Å². The van der Waals surface area contributed by atoms with Crippen molar-refractivity contribution in [2.24, 2.45) is 0 Å². The van der Waals surface area contributed by atoms with E-state index in [0.29, 0.717) is 17.6 Å². The van der Waals surface area contributed by atoms with E-state index in [2.05, 4.69) is 30.4 Å². The second-order valence-electron chi connectivity index (χ2n) is 7.76. The standard InChI is InChI=1S/C24H32ClNO2/c1-2-3-4-13-28-23-12-11-18-7-6-10-22(15-20(18)16-23)26-17-24(27)19-8-5-9-21(25)14-19/h5,8-9,11-12,14,16,22,24,26-27H,2-4,6-7,10,13,15,17H2,1H3/t22?,24-/m0/s1. The van der Waals surface area contributed by atoms with Gasteiger partial charge in [0.1, 0.15) is 5.75 Å². The Hall–Kier alpha value is -1.55. The van der Waals surface area contributed by atoms with Gasteiger partial charge in [0.25, 0.3) is 0 Å². The van der Waals surface area contributed by atoms with Gasteiger partial charge in [-0.25, -0.2) is 0 Å². The Kier molecular flexibility index (Phi) is 8.20. The number of benzene rings is 2. The summed E-state index contributed by atoms with van der Waals surface area (Å²) < 4.78 is 5.94. The molecule has 0 radical (unpaired) electrons. The van der Waals surface area contributed by atoms with Crippen molar-refractivity contribution in [2.75, 3.05) is 13.2 Å². The van der Waals surface area contributed by atoms with Crippen LogP contribution in [0.3, 0.4) is 0 Å². The SMILES string of the molecule is CCCCCOc1ccc2c(c1)CC(NC[C@H](O)c1cccc(Cl)c1)CCC2. The first-order chi connectivity index (χ1) is 13.7. The van der Waals surface area contributed by atoms with Crippen molar-refractivity contribution in [1.29, 1.82) is 0 Å². The van der Waals surface area contributed by atoms with Gasteiger partial charge in [-0.2, -0.15) is 0 Å². The van der Waals surface area contributed by atoms with Crippen molar-refractivity contribution in [2.45, 2.75) is 64.0 Å². The Morgan fingerprint density at radius 1 is 1.18 bits per heavy atom. The van der Waals surface area contributed by atoms with E-state index in [9.17, 15) is 5.11 Å². The number of nitrogens with one attached hydrogen (secondary N) is 1. The van der Waals surface area contributed by atoms with E-state index in [0.717, 1.165) is 50.0 Å². The number of aliphatic hydroxyl groups excluding tert-OH is 1. The zero-order valence-electron chi connectivity index (χ0n) is 16.8. The minimum absolute atomic E-state index is 0.366. The molecule has 0 saturated heterocycles. The molecule has 0 spiro atoms. The van der Waals surface area contributed by atoms with E-state index < -0.39 is 6.10 Å². The maximum atomic E-state index is 10.5. The molecule has 4 heteroatoms. The lowest BCUT2D eigenvalue weighted by molar-refractivity contribution is 0.169. The van der Waals surface area contributed by atoms with Gasteiger partial charge in [0.2, 0.25) is 0 Å². The molecule has 2 aromatic rings. The van der Waals surface area contributed by atoms with Crippen LogP contribution in [0.5, 0.6) is 5.75 Å². The molecule has 0 amide bonds. The predicted molar refractivity (Wildman–Crippen MR) is 116 cm³/mol. The van der Waals surface area contributed by atoms with Gasteiger partial charge in [-0.3, -0.25) is 0 Å². The summed E-state index contributed by atoms with van der Waals surface area (Å²) in [5.41, 5.74) is 3.66. The molecule has 152 valence electrons. The molecule has 0 fully saturated rings. The lowest BCUT2D eigenvalue weighted by atomic mass is 10.0. The van der Waals surface area contributed by atoms with Crippen LogP contribution in [0.25, 0.3) is 0 Å². The maximum Gasteiger partial charge on any atom is 0.119 e. The first kappa shape index (κ1) is 21.2. The number of halogens is 1. The average molecular weight is 402 g/mol. The third-order valence-corrected chi connectivity index (χ3v) is 5.73. The predicted octanol–water partition coefficient (Wildman–Crippen LogP) is 5.48. The highest BCUT2D eigenvalue weighted by molar-refractivity contribution is 6.30. The Labute approximate surface area is 174 Å². The molecule has 0 aliphatic heterocycles. The van der Waals surface area contributed by atoms with Crippen molar-refractivity contribution < 1.29 is 9.84 Å².